The lowest BCUT2D eigenvalue weighted by Crippen LogP contribution is -2.48. The first kappa shape index (κ1) is 19.7. The second-order valence-electron chi connectivity index (χ2n) is 8.09. The molecule has 0 saturated heterocycles. The average Bonchev–Trinajstić information content (AvgIpc) is 3.05. The van der Waals surface area contributed by atoms with Crippen LogP contribution in [0.5, 0.6) is 5.75 Å². The summed E-state index contributed by atoms with van der Waals surface area (Å²) in [6.07, 6.45) is 0.0553. The highest BCUT2D eigenvalue weighted by molar-refractivity contribution is 5.75. The number of nitrogens with zero attached hydrogens (tertiary/aromatic N) is 1. The number of benzene rings is 2. The predicted octanol–water partition coefficient (Wildman–Crippen LogP) is 4.55. The van der Waals surface area contributed by atoms with Crippen LogP contribution in [0, 0.1) is 0 Å². The molecule has 0 aliphatic rings. The molecule has 0 aliphatic carbocycles. The summed E-state index contributed by atoms with van der Waals surface area (Å²) < 4.78 is 10.7. The van der Waals surface area contributed by atoms with Crippen molar-refractivity contribution in [1.29, 1.82) is 0 Å². The number of H-pyrrole nitrogens is 1. The molecule has 148 valence electrons. The number of fused-ring (bicyclic) bond motifs is 1. The summed E-state index contributed by atoms with van der Waals surface area (Å²) in [6, 6.07) is 15.6. The van der Waals surface area contributed by atoms with Gasteiger partial charge in [-0.3, -0.25) is 0 Å². The lowest BCUT2D eigenvalue weighted by atomic mass is 9.92. The number of methoxy groups -OCH3 is 1. The zero-order valence-electron chi connectivity index (χ0n) is 17.0. The number of imidazole rings is 1. The second kappa shape index (κ2) is 7.54. The third-order valence-corrected chi connectivity index (χ3v) is 4.41. The van der Waals surface area contributed by atoms with Gasteiger partial charge in [-0.05, 0) is 57.5 Å². The fourth-order valence-electron chi connectivity index (χ4n) is 3.08. The molecule has 1 unspecified atom stereocenters. The van der Waals surface area contributed by atoms with E-state index in [1.54, 1.807) is 7.11 Å². The quantitative estimate of drug-likeness (QED) is 0.680. The van der Waals surface area contributed by atoms with Crippen molar-refractivity contribution < 1.29 is 14.3 Å². The Morgan fingerprint density at radius 2 is 1.75 bits per heavy atom. The molecule has 0 radical (unpaired) electrons. The smallest absolute Gasteiger partial charge is 0.408 e. The molecule has 1 aromatic heterocycles. The average molecular weight is 381 g/mol. The van der Waals surface area contributed by atoms with Crippen LogP contribution in [0.25, 0.3) is 11.0 Å². The van der Waals surface area contributed by atoms with Crippen molar-refractivity contribution in [1.82, 2.24) is 15.3 Å². The maximum absolute atomic E-state index is 12.6. The van der Waals surface area contributed by atoms with Gasteiger partial charge in [-0.25, -0.2) is 9.78 Å². The minimum absolute atomic E-state index is 0.482. The third kappa shape index (κ3) is 4.63. The van der Waals surface area contributed by atoms with Gasteiger partial charge >= 0.3 is 6.09 Å². The molecule has 3 rings (SSSR count). The summed E-state index contributed by atoms with van der Waals surface area (Å²) >= 11 is 0. The van der Waals surface area contributed by atoms with Gasteiger partial charge in [-0.1, -0.05) is 24.3 Å². The van der Waals surface area contributed by atoms with Gasteiger partial charge in [0, 0.05) is 6.42 Å². The monoisotopic (exact) mass is 381 g/mol. The second-order valence-corrected chi connectivity index (χ2v) is 8.09. The molecule has 1 atom stereocenters. The van der Waals surface area contributed by atoms with E-state index in [4.69, 9.17) is 14.5 Å². The number of carbonyl (C=O) groups is 1. The molecule has 0 aliphatic heterocycles. The number of ether oxygens (including phenoxy) is 2. The summed E-state index contributed by atoms with van der Waals surface area (Å²) in [6.45, 7) is 7.47. The van der Waals surface area contributed by atoms with E-state index in [1.165, 1.54) is 0 Å². The van der Waals surface area contributed by atoms with Crippen molar-refractivity contribution in [2.45, 2.75) is 45.3 Å². The van der Waals surface area contributed by atoms with E-state index in [0.29, 0.717) is 12.2 Å². The number of hydrogen-bond donors (Lipinski definition) is 2. The fourth-order valence-corrected chi connectivity index (χ4v) is 3.08. The Morgan fingerprint density at radius 1 is 1.07 bits per heavy atom. The third-order valence-electron chi connectivity index (χ3n) is 4.41. The number of rotatable bonds is 5. The number of nitrogens with one attached hydrogen (secondary N) is 2. The standard InChI is InChI=1S/C22H27N3O3/c1-21(2,3)28-20(26)25-22(4,14-15-10-12-16(27-5)13-11-15)19-23-17-8-6-7-9-18(17)24-19/h6-13H,14H2,1-5H3,(H,23,24)(H,25,26). The molecule has 2 N–H and O–H groups in total. The van der Waals surface area contributed by atoms with Gasteiger partial charge in [0.15, 0.2) is 0 Å². The molecule has 0 bridgehead atoms. The number of carbonyl (C=O) groups excluding carboxylic acids is 1. The SMILES string of the molecule is COc1ccc(CC(C)(NC(=O)OC(C)(C)C)c2nc3ccccc3[nH]2)cc1. The van der Waals surface area contributed by atoms with Crippen LogP contribution in [0.3, 0.4) is 0 Å². The Hall–Kier alpha value is -3.02. The molecule has 28 heavy (non-hydrogen) atoms. The van der Waals surface area contributed by atoms with Crippen molar-refractivity contribution in [2.75, 3.05) is 7.11 Å². The first-order valence-corrected chi connectivity index (χ1v) is 9.28. The number of para-hydroxylation sites is 2. The lowest BCUT2D eigenvalue weighted by Gasteiger charge is -2.30. The van der Waals surface area contributed by atoms with Crippen molar-refractivity contribution >= 4 is 17.1 Å². The van der Waals surface area contributed by atoms with E-state index in [0.717, 1.165) is 22.3 Å². The van der Waals surface area contributed by atoms with Crippen molar-refractivity contribution in [2.24, 2.45) is 0 Å². The van der Waals surface area contributed by atoms with Gasteiger partial charge in [0.25, 0.3) is 0 Å². The van der Waals surface area contributed by atoms with Crippen molar-refractivity contribution in [3.63, 3.8) is 0 Å². The fraction of sp³-hybridized carbons (Fsp3) is 0.364. The Balaban J connectivity index is 1.95. The first-order chi connectivity index (χ1) is 13.2. The molecular weight excluding hydrogens is 354 g/mol. The zero-order chi connectivity index (χ0) is 20.4. The van der Waals surface area contributed by atoms with Gasteiger partial charge in [-0.2, -0.15) is 0 Å². The normalized spacial score (nSPS) is 13.8. The molecule has 2 aromatic carbocycles. The van der Waals surface area contributed by atoms with Gasteiger partial charge in [0.05, 0.1) is 18.1 Å². The summed E-state index contributed by atoms with van der Waals surface area (Å²) in [5.41, 5.74) is 1.45. The molecule has 6 heteroatoms. The Kier molecular flexibility index (Phi) is 5.31. The van der Waals surface area contributed by atoms with Crippen molar-refractivity contribution in [3.8, 4) is 5.75 Å². The maximum atomic E-state index is 12.6. The van der Waals surface area contributed by atoms with Crippen LogP contribution in [0.1, 0.15) is 39.1 Å². The van der Waals surface area contributed by atoms with Crippen LogP contribution in [0.2, 0.25) is 0 Å². The highest BCUT2D eigenvalue weighted by atomic mass is 16.6. The highest BCUT2D eigenvalue weighted by Gasteiger charge is 2.34. The van der Waals surface area contributed by atoms with Crippen LogP contribution in [-0.2, 0) is 16.7 Å². The summed E-state index contributed by atoms with van der Waals surface area (Å²) in [4.78, 5) is 20.6. The van der Waals surface area contributed by atoms with E-state index in [-0.39, 0.29) is 0 Å². The van der Waals surface area contributed by atoms with Gasteiger partial charge in [0.1, 0.15) is 22.7 Å². The summed E-state index contributed by atoms with van der Waals surface area (Å²) in [5.74, 6) is 1.46. The summed E-state index contributed by atoms with van der Waals surface area (Å²) in [7, 11) is 1.64. The Morgan fingerprint density at radius 3 is 2.36 bits per heavy atom. The van der Waals surface area contributed by atoms with Crippen LogP contribution in [-0.4, -0.2) is 28.8 Å². The molecule has 3 aromatic rings. The molecular formula is C22H27N3O3. The first-order valence-electron chi connectivity index (χ1n) is 9.28. The van der Waals surface area contributed by atoms with Crippen LogP contribution in [0.15, 0.2) is 48.5 Å². The topological polar surface area (TPSA) is 76.2 Å². The highest BCUT2D eigenvalue weighted by Crippen LogP contribution is 2.27. The molecule has 0 fully saturated rings. The number of hydrogen-bond acceptors (Lipinski definition) is 4. The molecule has 0 spiro atoms. The maximum Gasteiger partial charge on any atom is 0.408 e. The number of aromatic amines is 1. The number of alkyl carbamates (subject to hydrolysis) is 1. The largest absolute Gasteiger partial charge is 0.497 e. The number of amides is 1. The van der Waals surface area contributed by atoms with Crippen LogP contribution >= 0.6 is 0 Å². The Labute approximate surface area is 165 Å². The minimum atomic E-state index is -0.782. The van der Waals surface area contributed by atoms with Crippen molar-refractivity contribution in [3.05, 3.63) is 59.9 Å². The van der Waals surface area contributed by atoms with E-state index in [2.05, 4.69) is 10.3 Å². The molecule has 1 amide bonds. The lowest BCUT2D eigenvalue weighted by molar-refractivity contribution is 0.0456. The zero-order valence-corrected chi connectivity index (χ0v) is 17.0. The van der Waals surface area contributed by atoms with E-state index in [9.17, 15) is 4.79 Å². The Bertz CT molecular complexity index is 924. The van der Waals surface area contributed by atoms with Gasteiger partial charge in [-0.15, -0.1) is 0 Å². The number of aromatic nitrogens is 2. The van der Waals surface area contributed by atoms with E-state index >= 15 is 0 Å². The molecule has 6 nitrogen and oxygen atoms in total. The molecule has 0 saturated carbocycles. The molecule has 1 heterocycles. The minimum Gasteiger partial charge on any atom is -0.497 e. The predicted molar refractivity (Wildman–Crippen MR) is 110 cm³/mol. The van der Waals surface area contributed by atoms with Gasteiger partial charge < -0.3 is 19.8 Å². The van der Waals surface area contributed by atoms with Crippen LogP contribution in [0.4, 0.5) is 4.79 Å². The summed E-state index contributed by atoms with van der Waals surface area (Å²) in [5, 5.41) is 3.02. The van der Waals surface area contributed by atoms with Crippen LogP contribution < -0.4 is 10.1 Å². The van der Waals surface area contributed by atoms with Gasteiger partial charge in [0.2, 0.25) is 0 Å². The van der Waals surface area contributed by atoms with E-state index in [1.807, 2.05) is 76.2 Å². The van der Waals surface area contributed by atoms with E-state index < -0.39 is 17.2 Å².